The number of aliphatic imine (C=N–C) groups is 1. The maximum atomic E-state index is 14.7. The first kappa shape index (κ1) is 29.2. The van der Waals surface area contributed by atoms with E-state index in [0.717, 1.165) is 38.3 Å². The van der Waals surface area contributed by atoms with Crippen molar-refractivity contribution in [3.63, 3.8) is 0 Å². The minimum atomic E-state index is -6.12. The highest BCUT2D eigenvalue weighted by molar-refractivity contribution is 6.10. The molecule has 1 aliphatic carbocycles. The number of para-hydroxylation sites is 1. The van der Waals surface area contributed by atoms with Crippen LogP contribution in [0.4, 0.5) is 32.0 Å². The molecule has 1 saturated carbocycles. The van der Waals surface area contributed by atoms with Crippen molar-refractivity contribution in [2.24, 2.45) is 10.9 Å². The lowest BCUT2D eigenvalue weighted by molar-refractivity contribution is -0.310. The summed E-state index contributed by atoms with van der Waals surface area (Å²) in [6, 6.07) is 11.6. The molecule has 2 N–H and O–H groups in total. The van der Waals surface area contributed by atoms with E-state index in [9.17, 15) is 35.9 Å². The van der Waals surface area contributed by atoms with Gasteiger partial charge in [-0.2, -0.15) is 26.3 Å². The standard InChI is InChI=1S/C27H29F6N3O2/c1-17-13-15-19(16-14-17)23(37)36-25(26(28,29)30,27(31,32)33)22(18(2)34-20-9-5-3-6-10-20)24(38)35-21-11-7-4-8-12-21/h4,7-8,11-16,20,22H,3,5-6,9-10H2,1-2H3,(H,35,38)(H,36,37). The molecule has 0 aliphatic heterocycles. The quantitative estimate of drug-likeness (QED) is 0.305. The zero-order valence-corrected chi connectivity index (χ0v) is 20.9. The van der Waals surface area contributed by atoms with E-state index >= 15 is 0 Å². The predicted octanol–water partition coefficient (Wildman–Crippen LogP) is 6.64. The smallest absolute Gasteiger partial charge is 0.329 e. The number of aryl methyl sites for hydroxylation is 1. The Kier molecular flexibility index (Phi) is 8.89. The van der Waals surface area contributed by atoms with Crippen molar-refractivity contribution in [3.05, 3.63) is 65.7 Å². The fourth-order valence-electron chi connectivity index (χ4n) is 4.67. The molecule has 0 radical (unpaired) electrons. The van der Waals surface area contributed by atoms with Crippen LogP contribution in [-0.2, 0) is 4.79 Å². The third kappa shape index (κ3) is 6.36. The summed E-state index contributed by atoms with van der Waals surface area (Å²) in [6.07, 6.45) is -8.96. The minimum absolute atomic E-state index is 0.00363. The van der Waals surface area contributed by atoms with Crippen molar-refractivity contribution in [2.75, 3.05) is 5.32 Å². The van der Waals surface area contributed by atoms with E-state index in [-0.39, 0.29) is 5.69 Å². The first-order valence-corrected chi connectivity index (χ1v) is 12.2. The van der Waals surface area contributed by atoms with Gasteiger partial charge >= 0.3 is 12.4 Å². The summed E-state index contributed by atoms with van der Waals surface area (Å²) < 4.78 is 88.4. The Morgan fingerprint density at radius 3 is 1.95 bits per heavy atom. The second kappa shape index (κ2) is 11.6. The van der Waals surface area contributed by atoms with Gasteiger partial charge in [-0.15, -0.1) is 0 Å². The van der Waals surface area contributed by atoms with Gasteiger partial charge in [0.1, 0.15) is 5.92 Å². The van der Waals surface area contributed by atoms with Gasteiger partial charge in [0.2, 0.25) is 11.4 Å². The Balaban J connectivity index is 2.19. The van der Waals surface area contributed by atoms with E-state index in [1.165, 1.54) is 41.7 Å². The van der Waals surface area contributed by atoms with Gasteiger partial charge in [-0.3, -0.25) is 14.6 Å². The first-order chi connectivity index (χ1) is 17.8. The number of halogens is 6. The van der Waals surface area contributed by atoms with Crippen molar-refractivity contribution in [2.45, 2.75) is 69.9 Å². The fraction of sp³-hybridized carbons (Fsp3) is 0.444. The molecule has 2 aromatic carbocycles. The Morgan fingerprint density at radius 1 is 0.868 bits per heavy atom. The maximum Gasteiger partial charge on any atom is 0.421 e. The summed E-state index contributed by atoms with van der Waals surface area (Å²) in [6.45, 7) is 2.63. The van der Waals surface area contributed by atoms with Crippen LogP contribution >= 0.6 is 0 Å². The average molecular weight is 542 g/mol. The van der Waals surface area contributed by atoms with Crippen LogP contribution in [0, 0.1) is 12.8 Å². The molecular weight excluding hydrogens is 512 g/mol. The second-order valence-electron chi connectivity index (χ2n) is 9.47. The molecule has 2 amide bonds. The predicted molar refractivity (Wildman–Crippen MR) is 132 cm³/mol. The lowest BCUT2D eigenvalue weighted by atomic mass is 9.77. The number of alkyl halides is 6. The summed E-state index contributed by atoms with van der Waals surface area (Å²) in [7, 11) is 0. The molecule has 0 bridgehead atoms. The van der Waals surface area contributed by atoms with E-state index in [1.807, 2.05) is 0 Å². The summed E-state index contributed by atoms with van der Waals surface area (Å²) in [4.78, 5) is 30.4. The molecule has 1 atom stereocenters. The molecule has 3 rings (SSSR count). The molecule has 2 aromatic rings. The van der Waals surface area contributed by atoms with Crippen LogP contribution in [0.3, 0.4) is 0 Å². The molecule has 1 aliphatic rings. The Bertz CT molecular complexity index is 1120. The monoisotopic (exact) mass is 541 g/mol. The summed E-state index contributed by atoms with van der Waals surface area (Å²) in [5, 5.41) is 3.36. The van der Waals surface area contributed by atoms with Crippen molar-refractivity contribution < 1.29 is 35.9 Å². The lowest BCUT2D eigenvalue weighted by Crippen LogP contribution is -2.74. The van der Waals surface area contributed by atoms with Crippen LogP contribution < -0.4 is 10.6 Å². The number of anilines is 1. The number of benzene rings is 2. The van der Waals surface area contributed by atoms with Crippen LogP contribution in [0.2, 0.25) is 0 Å². The second-order valence-corrected chi connectivity index (χ2v) is 9.47. The SMILES string of the molecule is CC(=NC1CCCCC1)C(C(=O)Nc1ccccc1)C(NC(=O)c1ccc(C)cc1)(C(F)(F)F)C(F)(F)F. The number of hydrogen-bond donors (Lipinski definition) is 2. The first-order valence-electron chi connectivity index (χ1n) is 12.2. The molecular formula is C27H29F6N3O2. The number of rotatable bonds is 7. The van der Waals surface area contributed by atoms with Gasteiger partial charge in [-0.05, 0) is 51.0 Å². The molecule has 1 fully saturated rings. The molecule has 38 heavy (non-hydrogen) atoms. The Labute approximate surface area is 216 Å². The van der Waals surface area contributed by atoms with Crippen molar-refractivity contribution >= 4 is 23.2 Å². The molecule has 206 valence electrons. The van der Waals surface area contributed by atoms with Gasteiger partial charge in [0.15, 0.2) is 0 Å². The van der Waals surface area contributed by atoms with Gasteiger partial charge in [0, 0.05) is 23.0 Å². The highest BCUT2D eigenvalue weighted by Crippen LogP contribution is 2.49. The Hall–Kier alpha value is -3.37. The fourth-order valence-corrected chi connectivity index (χ4v) is 4.67. The highest BCUT2D eigenvalue weighted by atomic mass is 19.4. The van der Waals surface area contributed by atoms with Crippen molar-refractivity contribution in [1.82, 2.24) is 5.32 Å². The largest absolute Gasteiger partial charge is 0.421 e. The van der Waals surface area contributed by atoms with E-state index < -0.39 is 52.9 Å². The van der Waals surface area contributed by atoms with E-state index in [2.05, 4.69) is 10.3 Å². The van der Waals surface area contributed by atoms with E-state index in [0.29, 0.717) is 18.4 Å². The van der Waals surface area contributed by atoms with Gasteiger partial charge in [0.25, 0.3) is 5.91 Å². The zero-order chi connectivity index (χ0) is 28.1. The third-order valence-electron chi connectivity index (χ3n) is 6.63. The van der Waals surface area contributed by atoms with Crippen molar-refractivity contribution in [3.8, 4) is 0 Å². The summed E-state index contributed by atoms with van der Waals surface area (Å²) >= 11 is 0. The van der Waals surface area contributed by atoms with Gasteiger partial charge < -0.3 is 10.6 Å². The van der Waals surface area contributed by atoms with Gasteiger partial charge in [-0.25, -0.2) is 0 Å². The van der Waals surface area contributed by atoms with E-state index in [4.69, 9.17) is 0 Å². The van der Waals surface area contributed by atoms with Gasteiger partial charge in [0.05, 0.1) is 0 Å². The molecule has 11 heteroatoms. The molecule has 1 unspecified atom stereocenters. The normalized spacial score (nSPS) is 16.6. The number of carbonyl (C=O) groups is 2. The summed E-state index contributed by atoms with van der Waals surface area (Å²) in [5.74, 6) is -6.14. The zero-order valence-electron chi connectivity index (χ0n) is 20.9. The number of hydrogen-bond acceptors (Lipinski definition) is 3. The van der Waals surface area contributed by atoms with Crippen LogP contribution in [0.15, 0.2) is 59.6 Å². The van der Waals surface area contributed by atoms with Crippen LogP contribution in [0.25, 0.3) is 0 Å². The minimum Gasteiger partial charge on any atom is -0.329 e. The van der Waals surface area contributed by atoms with Crippen LogP contribution in [0.1, 0.15) is 54.9 Å². The topological polar surface area (TPSA) is 70.6 Å². The third-order valence-corrected chi connectivity index (χ3v) is 6.63. The Morgan fingerprint density at radius 2 is 1.42 bits per heavy atom. The maximum absolute atomic E-state index is 14.7. The number of nitrogens with one attached hydrogen (secondary N) is 2. The summed E-state index contributed by atoms with van der Waals surface area (Å²) in [5.41, 5.74) is -5.39. The highest BCUT2D eigenvalue weighted by Gasteiger charge is 2.77. The number of carbonyl (C=O) groups excluding carboxylic acids is 2. The number of nitrogens with zero attached hydrogens (tertiary/aromatic N) is 1. The molecule has 0 spiro atoms. The molecule has 0 saturated heterocycles. The number of amides is 2. The molecule has 0 aromatic heterocycles. The van der Waals surface area contributed by atoms with E-state index in [1.54, 1.807) is 13.0 Å². The lowest BCUT2D eigenvalue weighted by Gasteiger charge is -2.43. The molecule has 5 nitrogen and oxygen atoms in total. The van der Waals surface area contributed by atoms with Crippen molar-refractivity contribution in [1.29, 1.82) is 0 Å². The molecule has 0 heterocycles. The van der Waals surface area contributed by atoms with Crippen LogP contribution in [-0.4, -0.2) is 41.5 Å². The van der Waals surface area contributed by atoms with Crippen LogP contribution in [0.5, 0.6) is 0 Å². The average Bonchev–Trinajstić information content (AvgIpc) is 2.83. The van der Waals surface area contributed by atoms with Gasteiger partial charge in [-0.1, -0.05) is 55.2 Å².